The molecule has 22 heavy (non-hydrogen) atoms. The molecule has 3 heterocycles. The van der Waals surface area contributed by atoms with Gasteiger partial charge in [-0.1, -0.05) is 23.5 Å². The molecule has 0 aliphatic carbocycles. The van der Waals surface area contributed by atoms with Crippen LogP contribution in [0.25, 0.3) is 21.3 Å². The van der Waals surface area contributed by atoms with E-state index in [1.54, 1.807) is 17.5 Å². The van der Waals surface area contributed by atoms with Crippen LogP contribution >= 0.6 is 11.3 Å². The summed E-state index contributed by atoms with van der Waals surface area (Å²) >= 11 is 1.62. The number of hydrogen-bond acceptors (Lipinski definition) is 5. The second-order valence-corrected chi connectivity index (χ2v) is 5.98. The molecule has 0 amide bonds. The van der Waals surface area contributed by atoms with Gasteiger partial charge in [-0.05, 0) is 36.8 Å². The van der Waals surface area contributed by atoms with E-state index < -0.39 is 0 Å². The summed E-state index contributed by atoms with van der Waals surface area (Å²) in [4.78, 5) is 8.85. The summed E-state index contributed by atoms with van der Waals surface area (Å²) < 4.78 is 1.14. The van der Waals surface area contributed by atoms with Crippen LogP contribution in [0.2, 0.25) is 0 Å². The second kappa shape index (κ2) is 5.23. The van der Waals surface area contributed by atoms with Gasteiger partial charge in [-0.15, -0.1) is 0 Å². The van der Waals surface area contributed by atoms with E-state index in [0.29, 0.717) is 0 Å². The minimum Gasteiger partial charge on any atom is -0.316 e. The Balaban J connectivity index is 1.71. The van der Waals surface area contributed by atoms with Gasteiger partial charge in [0, 0.05) is 17.5 Å². The number of anilines is 2. The maximum absolute atomic E-state index is 4.60. The maximum Gasteiger partial charge on any atom is 0.189 e. The molecule has 0 bridgehead atoms. The van der Waals surface area contributed by atoms with Crippen LogP contribution in [0.15, 0.2) is 48.8 Å². The number of aromatic amines is 1. The first-order chi connectivity index (χ1) is 10.8. The van der Waals surface area contributed by atoms with Crippen LogP contribution in [0.4, 0.5) is 10.9 Å². The number of nitrogens with zero attached hydrogens (tertiary/aromatic N) is 3. The highest BCUT2D eigenvalue weighted by atomic mass is 32.1. The smallest absolute Gasteiger partial charge is 0.189 e. The predicted molar refractivity (Wildman–Crippen MR) is 89.5 cm³/mol. The van der Waals surface area contributed by atoms with E-state index in [0.717, 1.165) is 38.0 Å². The Morgan fingerprint density at radius 2 is 2.14 bits per heavy atom. The van der Waals surface area contributed by atoms with Crippen LogP contribution in [-0.4, -0.2) is 20.2 Å². The Morgan fingerprint density at radius 3 is 2.91 bits per heavy atom. The standard InChI is InChI=1S/C16H13N5S/c1-10-12(9-18-21-10)11-5-6-13-14(8-11)22-16(19-13)20-15-4-2-3-7-17-15/h2-9H,1H3,(H,18,21)(H,17,19,20). The lowest BCUT2D eigenvalue weighted by molar-refractivity contribution is 1.05. The van der Waals surface area contributed by atoms with Crippen molar-refractivity contribution in [1.29, 1.82) is 0 Å². The molecule has 2 N–H and O–H groups in total. The number of fused-ring (bicyclic) bond motifs is 1. The van der Waals surface area contributed by atoms with Crippen molar-refractivity contribution in [3.63, 3.8) is 0 Å². The van der Waals surface area contributed by atoms with Crippen LogP contribution in [0.3, 0.4) is 0 Å². The van der Waals surface area contributed by atoms with Crippen molar-refractivity contribution in [1.82, 2.24) is 20.2 Å². The zero-order chi connectivity index (χ0) is 14.9. The number of nitrogens with one attached hydrogen (secondary N) is 2. The summed E-state index contributed by atoms with van der Waals surface area (Å²) in [5.74, 6) is 0.799. The highest BCUT2D eigenvalue weighted by Crippen LogP contribution is 2.32. The normalized spacial score (nSPS) is 11.0. The van der Waals surface area contributed by atoms with Crippen molar-refractivity contribution in [3.05, 3.63) is 54.5 Å². The first-order valence-electron chi connectivity index (χ1n) is 6.88. The van der Waals surface area contributed by atoms with Crippen LogP contribution < -0.4 is 5.32 Å². The van der Waals surface area contributed by atoms with Gasteiger partial charge in [-0.3, -0.25) is 5.10 Å². The lowest BCUT2D eigenvalue weighted by atomic mass is 10.1. The molecule has 0 spiro atoms. The highest BCUT2D eigenvalue weighted by Gasteiger charge is 2.08. The van der Waals surface area contributed by atoms with Gasteiger partial charge in [-0.2, -0.15) is 5.10 Å². The topological polar surface area (TPSA) is 66.5 Å². The number of pyridine rings is 1. The molecule has 0 unspecified atom stereocenters. The third-order valence-electron chi connectivity index (χ3n) is 3.43. The van der Waals surface area contributed by atoms with Gasteiger partial charge in [0.15, 0.2) is 5.13 Å². The van der Waals surface area contributed by atoms with E-state index >= 15 is 0 Å². The van der Waals surface area contributed by atoms with Crippen molar-refractivity contribution in [2.75, 3.05) is 5.32 Å². The lowest BCUT2D eigenvalue weighted by Gasteiger charge is -1.98. The molecule has 3 aromatic heterocycles. The minimum absolute atomic E-state index is 0.799. The fourth-order valence-electron chi connectivity index (χ4n) is 2.33. The molecule has 0 saturated carbocycles. The number of aryl methyl sites for hydroxylation is 1. The summed E-state index contributed by atoms with van der Waals surface area (Å²) in [7, 11) is 0. The first-order valence-corrected chi connectivity index (χ1v) is 7.70. The molecule has 0 aliphatic rings. The third kappa shape index (κ3) is 2.33. The third-order valence-corrected chi connectivity index (χ3v) is 4.36. The Labute approximate surface area is 131 Å². The first kappa shape index (κ1) is 13.0. The second-order valence-electron chi connectivity index (χ2n) is 4.95. The number of benzene rings is 1. The summed E-state index contributed by atoms with van der Waals surface area (Å²) in [6, 6.07) is 12.0. The van der Waals surface area contributed by atoms with Crippen molar-refractivity contribution in [2.24, 2.45) is 0 Å². The molecule has 0 radical (unpaired) electrons. The zero-order valence-electron chi connectivity index (χ0n) is 11.9. The van der Waals surface area contributed by atoms with Gasteiger partial charge in [0.1, 0.15) is 5.82 Å². The number of hydrogen-bond donors (Lipinski definition) is 2. The highest BCUT2D eigenvalue weighted by molar-refractivity contribution is 7.22. The van der Waals surface area contributed by atoms with E-state index in [1.165, 1.54) is 0 Å². The lowest BCUT2D eigenvalue weighted by Crippen LogP contribution is -1.90. The van der Waals surface area contributed by atoms with E-state index in [-0.39, 0.29) is 0 Å². The fourth-order valence-corrected chi connectivity index (χ4v) is 3.25. The molecule has 0 fully saturated rings. The molecule has 0 atom stereocenters. The monoisotopic (exact) mass is 307 g/mol. The van der Waals surface area contributed by atoms with Gasteiger partial charge >= 0.3 is 0 Å². The molecular weight excluding hydrogens is 294 g/mol. The number of rotatable bonds is 3. The van der Waals surface area contributed by atoms with Crippen LogP contribution in [-0.2, 0) is 0 Å². The SMILES string of the molecule is Cc1[nH]ncc1-c1ccc2nc(Nc3ccccn3)sc2c1. The largest absolute Gasteiger partial charge is 0.316 e. The molecule has 4 rings (SSSR count). The van der Waals surface area contributed by atoms with E-state index in [1.807, 2.05) is 37.4 Å². The molecule has 5 nitrogen and oxygen atoms in total. The zero-order valence-corrected chi connectivity index (χ0v) is 12.7. The van der Waals surface area contributed by atoms with Gasteiger partial charge in [-0.25, -0.2) is 9.97 Å². The van der Waals surface area contributed by atoms with E-state index in [2.05, 4.69) is 37.6 Å². The summed E-state index contributed by atoms with van der Waals surface area (Å²) in [5, 5.41) is 11.1. The molecular formula is C16H13N5S. The molecule has 4 aromatic rings. The number of aromatic nitrogens is 4. The molecule has 6 heteroatoms. The predicted octanol–water partition coefficient (Wildman–Crippen LogP) is 4.13. The van der Waals surface area contributed by atoms with Gasteiger partial charge in [0.05, 0.1) is 16.4 Å². The fraction of sp³-hybridized carbons (Fsp3) is 0.0625. The quantitative estimate of drug-likeness (QED) is 0.597. The summed E-state index contributed by atoms with van der Waals surface area (Å²) in [6.45, 7) is 2.02. The Bertz CT molecular complexity index is 926. The average Bonchev–Trinajstić information content (AvgIpc) is 3.13. The molecule has 0 saturated heterocycles. The van der Waals surface area contributed by atoms with Crippen LogP contribution in [0, 0.1) is 6.92 Å². The van der Waals surface area contributed by atoms with Gasteiger partial charge in [0.2, 0.25) is 0 Å². The van der Waals surface area contributed by atoms with Gasteiger partial charge < -0.3 is 5.32 Å². The van der Waals surface area contributed by atoms with Crippen molar-refractivity contribution in [2.45, 2.75) is 6.92 Å². The Kier molecular flexibility index (Phi) is 3.08. The summed E-state index contributed by atoms with van der Waals surface area (Å²) in [5.41, 5.74) is 4.31. The van der Waals surface area contributed by atoms with Crippen molar-refractivity contribution in [3.8, 4) is 11.1 Å². The average molecular weight is 307 g/mol. The number of H-pyrrole nitrogens is 1. The Hall–Kier alpha value is -2.73. The van der Waals surface area contributed by atoms with Crippen LogP contribution in [0.1, 0.15) is 5.69 Å². The summed E-state index contributed by atoms with van der Waals surface area (Å²) in [6.07, 6.45) is 3.61. The van der Waals surface area contributed by atoms with Crippen LogP contribution in [0.5, 0.6) is 0 Å². The van der Waals surface area contributed by atoms with Crippen molar-refractivity contribution < 1.29 is 0 Å². The number of thiazole rings is 1. The van der Waals surface area contributed by atoms with E-state index in [4.69, 9.17) is 0 Å². The Morgan fingerprint density at radius 1 is 1.18 bits per heavy atom. The maximum atomic E-state index is 4.60. The van der Waals surface area contributed by atoms with Crippen molar-refractivity contribution >= 4 is 32.5 Å². The molecule has 1 aromatic carbocycles. The minimum atomic E-state index is 0.799. The molecule has 0 aliphatic heterocycles. The van der Waals surface area contributed by atoms with Gasteiger partial charge in [0.25, 0.3) is 0 Å². The van der Waals surface area contributed by atoms with E-state index in [9.17, 15) is 0 Å². The molecule has 108 valence electrons.